The average molecular weight is 397 g/mol. The van der Waals surface area contributed by atoms with Crippen LogP contribution in [0.1, 0.15) is 10.5 Å². The van der Waals surface area contributed by atoms with Gasteiger partial charge in [-0.1, -0.05) is 6.07 Å². The molecule has 0 spiro atoms. The van der Waals surface area contributed by atoms with Gasteiger partial charge in [0.1, 0.15) is 17.0 Å². The lowest BCUT2D eigenvalue weighted by Crippen LogP contribution is -2.16. The minimum atomic E-state index is -3.81. The minimum absolute atomic E-state index is 0.0565. The van der Waals surface area contributed by atoms with E-state index in [0.717, 1.165) is 0 Å². The second-order valence-corrected chi connectivity index (χ2v) is 7.76. The molecule has 9 nitrogen and oxygen atoms in total. The van der Waals surface area contributed by atoms with Gasteiger partial charge in [-0.15, -0.1) is 0 Å². The summed E-state index contributed by atoms with van der Waals surface area (Å²) in [4.78, 5) is 29.8. The topological polar surface area (TPSA) is 129 Å². The van der Waals surface area contributed by atoms with E-state index in [2.05, 4.69) is 10.3 Å². The van der Waals surface area contributed by atoms with Crippen LogP contribution in [-0.2, 0) is 17.1 Å². The average Bonchev–Trinajstić information content (AvgIpc) is 2.99. The Morgan fingerprint density at radius 2 is 1.86 bits per heavy atom. The second-order valence-electron chi connectivity index (χ2n) is 6.20. The zero-order valence-electron chi connectivity index (χ0n) is 14.7. The van der Waals surface area contributed by atoms with E-state index in [1.807, 2.05) is 0 Å². The third-order valence-electron chi connectivity index (χ3n) is 4.38. The molecule has 3 N–H and O–H groups in total. The number of nitrogens with one attached hydrogen (secondary N) is 1. The van der Waals surface area contributed by atoms with Crippen molar-refractivity contribution in [2.75, 3.05) is 5.32 Å². The van der Waals surface area contributed by atoms with Gasteiger partial charge in [-0.25, -0.2) is 18.5 Å². The number of aromatic nitrogens is 3. The lowest BCUT2D eigenvalue weighted by molar-refractivity contribution is 0.101. The number of carbonyl (C=O) groups is 1. The maximum absolute atomic E-state index is 12.7. The summed E-state index contributed by atoms with van der Waals surface area (Å²) in [5.41, 5.74) is 1.23. The SMILES string of the molecule is Cn1c(C(=O)Nc2ccc(S(N)(=O)=O)cc2)cc2c(=O)n3ccccc3nc21. The summed E-state index contributed by atoms with van der Waals surface area (Å²) in [5, 5.41) is 8.05. The molecule has 3 heterocycles. The summed E-state index contributed by atoms with van der Waals surface area (Å²) in [6.07, 6.45) is 1.61. The van der Waals surface area contributed by atoms with Crippen molar-refractivity contribution in [1.82, 2.24) is 14.0 Å². The molecule has 0 saturated heterocycles. The summed E-state index contributed by atoms with van der Waals surface area (Å²) in [6.45, 7) is 0. The lowest BCUT2D eigenvalue weighted by Gasteiger charge is -2.07. The maximum atomic E-state index is 12.7. The highest BCUT2D eigenvalue weighted by atomic mass is 32.2. The van der Waals surface area contributed by atoms with Crippen molar-refractivity contribution in [1.29, 1.82) is 0 Å². The van der Waals surface area contributed by atoms with Crippen LogP contribution in [0.5, 0.6) is 0 Å². The molecule has 4 aromatic rings. The number of pyridine rings is 1. The van der Waals surface area contributed by atoms with Crippen LogP contribution < -0.4 is 16.0 Å². The van der Waals surface area contributed by atoms with Gasteiger partial charge in [0.25, 0.3) is 11.5 Å². The van der Waals surface area contributed by atoms with E-state index in [-0.39, 0.29) is 16.1 Å². The first kappa shape index (κ1) is 17.9. The van der Waals surface area contributed by atoms with Gasteiger partial charge in [0.2, 0.25) is 10.0 Å². The maximum Gasteiger partial charge on any atom is 0.272 e. The second kappa shape index (κ2) is 6.29. The quantitative estimate of drug-likeness (QED) is 0.535. The van der Waals surface area contributed by atoms with E-state index in [0.29, 0.717) is 22.4 Å². The van der Waals surface area contributed by atoms with E-state index in [1.54, 1.807) is 31.4 Å². The van der Waals surface area contributed by atoms with E-state index >= 15 is 0 Å². The van der Waals surface area contributed by atoms with Gasteiger partial charge in [0.15, 0.2) is 0 Å². The minimum Gasteiger partial charge on any atom is -0.324 e. The van der Waals surface area contributed by atoms with Crippen LogP contribution in [0.4, 0.5) is 5.69 Å². The monoisotopic (exact) mass is 397 g/mol. The molecule has 1 aromatic carbocycles. The number of benzene rings is 1. The summed E-state index contributed by atoms with van der Waals surface area (Å²) >= 11 is 0. The fourth-order valence-electron chi connectivity index (χ4n) is 2.96. The number of fused-ring (bicyclic) bond motifs is 2. The molecular weight excluding hydrogens is 382 g/mol. The van der Waals surface area contributed by atoms with Gasteiger partial charge < -0.3 is 9.88 Å². The van der Waals surface area contributed by atoms with Crippen LogP contribution in [-0.4, -0.2) is 28.3 Å². The van der Waals surface area contributed by atoms with Crippen LogP contribution in [0.15, 0.2) is 64.4 Å². The highest BCUT2D eigenvalue weighted by Gasteiger charge is 2.18. The normalized spacial score (nSPS) is 11.8. The van der Waals surface area contributed by atoms with Crippen LogP contribution in [0.25, 0.3) is 16.7 Å². The molecule has 0 aliphatic carbocycles. The summed E-state index contributed by atoms with van der Waals surface area (Å²) < 4.78 is 25.6. The van der Waals surface area contributed by atoms with Gasteiger partial charge in [-0.2, -0.15) is 0 Å². The number of nitrogens with zero attached hydrogens (tertiary/aromatic N) is 3. The zero-order chi connectivity index (χ0) is 20.1. The fraction of sp³-hybridized carbons (Fsp3) is 0.0556. The number of sulfonamides is 1. The van der Waals surface area contributed by atoms with Crippen molar-refractivity contribution in [3.63, 3.8) is 0 Å². The van der Waals surface area contributed by atoms with Gasteiger partial charge in [0.05, 0.1) is 10.3 Å². The molecule has 0 radical (unpaired) electrons. The molecule has 0 saturated carbocycles. The van der Waals surface area contributed by atoms with E-state index in [4.69, 9.17) is 5.14 Å². The Morgan fingerprint density at radius 3 is 2.54 bits per heavy atom. The lowest BCUT2D eigenvalue weighted by atomic mass is 10.3. The Kier molecular flexibility index (Phi) is 4.02. The first-order valence-corrected chi connectivity index (χ1v) is 9.71. The number of nitrogens with two attached hydrogens (primary N) is 1. The largest absolute Gasteiger partial charge is 0.324 e. The van der Waals surface area contributed by atoms with E-state index < -0.39 is 15.9 Å². The Balaban J connectivity index is 1.73. The van der Waals surface area contributed by atoms with Crippen molar-refractivity contribution in [3.05, 3.63) is 70.8 Å². The molecule has 0 bridgehead atoms. The van der Waals surface area contributed by atoms with Crippen LogP contribution in [0.3, 0.4) is 0 Å². The number of aryl methyl sites for hydroxylation is 1. The summed E-state index contributed by atoms with van der Waals surface area (Å²) in [6, 6.07) is 12.2. The van der Waals surface area contributed by atoms with Crippen molar-refractivity contribution < 1.29 is 13.2 Å². The Morgan fingerprint density at radius 1 is 1.14 bits per heavy atom. The van der Waals surface area contributed by atoms with Gasteiger partial charge >= 0.3 is 0 Å². The van der Waals surface area contributed by atoms with Crippen LogP contribution in [0, 0.1) is 0 Å². The smallest absolute Gasteiger partial charge is 0.272 e. The van der Waals surface area contributed by atoms with Crippen molar-refractivity contribution >= 4 is 38.3 Å². The third-order valence-corrected chi connectivity index (χ3v) is 5.31. The Hall–Kier alpha value is -3.50. The summed E-state index contributed by atoms with van der Waals surface area (Å²) in [7, 11) is -2.16. The number of rotatable bonds is 3. The highest BCUT2D eigenvalue weighted by Crippen LogP contribution is 2.18. The highest BCUT2D eigenvalue weighted by molar-refractivity contribution is 7.89. The fourth-order valence-corrected chi connectivity index (χ4v) is 3.48. The third kappa shape index (κ3) is 2.94. The molecular formula is C18H15N5O4S. The number of hydrogen-bond acceptors (Lipinski definition) is 5. The molecule has 10 heteroatoms. The predicted octanol–water partition coefficient (Wildman–Crippen LogP) is 1.09. The van der Waals surface area contributed by atoms with Crippen molar-refractivity contribution in [3.8, 4) is 0 Å². The number of amides is 1. The zero-order valence-corrected chi connectivity index (χ0v) is 15.5. The van der Waals surface area contributed by atoms with Gasteiger partial charge in [-0.3, -0.25) is 14.0 Å². The van der Waals surface area contributed by atoms with E-state index in [9.17, 15) is 18.0 Å². The predicted molar refractivity (Wildman–Crippen MR) is 104 cm³/mol. The molecule has 0 atom stereocenters. The molecule has 0 aliphatic heterocycles. The van der Waals surface area contributed by atoms with Crippen molar-refractivity contribution in [2.45, 2.75) is 4.90 Å². The Bertz CT molecular complexity index is 1400. The van der Waals surface area contributed by atoms with Crippen LogP contribution in [0.2, 0.25) is 0 Å². The van der Waals surface area contributed by atoms with Crippen molar-refractivity contribution in [2.24, 2.45) is 12.2 Å². The first-order chi connectivity index (χ1) is 13.3. The molecule has 3 aromatic heterocycles. The standard InChI is InChI=1S/C18H15N5O4S/c1-22-14(17(24)20-11-5-7-12(8-6-11)28(19,26)27)10-13-16(22)21-15-4-2-3-9-23(15)18(13)25/h2-10H,1H3,(H,20,24)(H2,19,26,27). The van der Waals surface area contributed by atoms with Crippen LogP contribution >= 0.6 is 0 Å². The number of hydrogen-bond donors (Lipinski definition) is 2. The molecule has 0 fully saturated rings. The molecule has 142 valence electrons. The first-order valence-electron chi connectivity index (χ1n) is 8.17. The summed E-state index contributed by atoms with van der Waals surface area (Å²) in [5.74, 6) is -0.461. The van der Waals surface area contributed by atoms with Gasteiger partial charge in [0, 0.05) is 18.9 Å². The molecule has 1 amide bonds. The number of primary sulfonamides is 1. The molecule has 0 aliphatic rings. The number of carbonyl (C=O) groups excluding carboxylic acids is 1. The molecule has 0 unspecified atom stereocenters. The number of anilines is 1. The van der Waals surface area contributed by atoms with Gasteiger partial charge in [-0.05, 0) is 42.5 Å². The Labute approximate surface area is 159 Å². The molecule has 28 heavy (non-hydrogen) atoms. The van der Waals surface area contributed by atoms with E-state index in [1.165, 1.54) is 39.3 Å². The molecule has 4 rings (SSSR count).